The lowest BCUT2D eigenvalue weighted by molar-refractivity contribution is 0.00117. The van der Waals surface area contributed by atoms with E-state index in [1.54, 1.807) is 0 Å². The minimum atomic E-state index is -0.527. The monoisotopic (exact) mass is 322 g/mol. The first-order valence-corrected chi connectivity index (χ1v) is 8.81. The van der Waals surface area contributed by atoms with Crippen molar-refractivity contribution in [2.24, 2.45) is 17.3 Å². The van der Waals surface area contributed by atoms with Gasteiger partial charge in [-0.15, -0.1) is 23.2 Å². The first-order chi connectivity index (χ1) is 9.31. The maximum absolute atomic E-state index is 6.89. The molecule has 1 aliphatic rings. The molecule has 2 nitrogen and oxygen atoms in total. The highest BCUT2D eigenvalue weighted by molar-refractivity contribution is 6.32. The van der Waals surface area contributed by atoms with E-state index in [1.165, 1.54) is 12.8 Å². The number of hydrogen-bond donors (Lipinski definition) is 2. The second-order valence-corrected chi connectivity index (χ2v) is 7.79. The minimum Gasteiger partial charge on any atom is -0.315 e. The van der Waals surface area contributed by atoms with E-state index in [-0.39, 0.29) is 16.8 Å². The zero-order valence-corrected chi connectivity index (χ0v) is 15.4. The number of nitrogens with one attached hydrogen (secondary N) is 2. The molecule has 5 unspecified atom stereocenters. The molecule has 0 bridgehead atoms. The zero-order chi connectivity index (χ0) is 15.6. The third-order valence-corrected chi connectivity index (χ3v) is 7.30. The third-order valence-electron chi connectivity index (χ3n) is 5.95. The maximum Gasteiger partial charge on any atom is 0.112 e. The summed E-state index contributed by atoms with van der Waals surface area (Å²) in [5, 5.41) is 6.60. The van der Waals surface area contributed by atoms with Gasteiger partial charge in [-0.2, -0.15) is 0 Å². The van der Waals surface area contributed by atoms with Crippen molar-refractivity contribution in [2.75, 3.05) is 14.1 Å². The summed E-state index contributed by atoms with van der Waals surface area (Å²) in [6.07, 6.45) is 4.42. The molecule has 1 fully saturated rings. The molecular formula is C16H32Cl2N2. The Balaban J connectivity index is 3.23. The molecule has 0 heterocycles. The highest BCUT2D eigenvalue weighted by Gasteiger charge is 2.55. The second kappa shape index (κ2) is 7.17. The average molecular weight is 323 g/mol. The average Bonchev–Trinajstić information content (AvgIpc) is 2.48. The summed E-state index contributed by atoms with van der Waals surface area (Å²) in [7, 11) is 3.93. The first-order valence-electron chi connectivity index (χ1n) is 8.00. The third kappa shape index (κ3) is 3.14. The quantitative estimate of drug-likeness (QED) is 0.565. The zero-order valence-electron chi connectivity index (χ0n) is 13.9. The maximum atomic E-state index is 6.89. The van der Waals surface area contributed by atoms with Gasteiger partial charge in [0.1, 0.15) is 5.00 Å². The van der Waals surface area contributed by atoms with Gasteiger partial charge in [0.15, 0.2) is 0 Å². The molecule has 0 aromatic heterocycles. The smallest absolute Gasteiger partial charge is 0.112 e. The van der Waals surface area contributed by atoms with Crippen LogP contribution in [-0.2, 0) is 0 Å². The van der Waals surface area contributed by atoms with Crippen molar-refractivity contribution in [2.45, 2.75) is 69.8 Å². The van der Waals surface area contributed by atoms with Crippen molar-refractivity contribution < 1.29 is 0 Å². The van der Waals surface area contributed by atoms with Crippen molar-refractivity contribution >= 4 is 23.2 Å². The van der Waals surface area contributed by atoms with Gasteiger partial charge in [0, 0.05) is 6.04 Å². The highest BCUT2D eigenvalue weighted by atomic mass is 35.5. The Labute approximate surface area is 135 Å². The fourth-order valence-electron chi connectivity index (χ4n) is 4.00. The lowest BCUT2D eigenvalue weighted by atomic mass is 9.56. The summed E-state index contributed by atoms with van der Waals surface area (Å²) < 4.78 is 0. The second-order valence-electron chi connectivity index (χ2n) is 6.64. The molecular weight excluding hydrogens is 291 g/mol. The van der Waals surface area contributed by atoms with Crippen molar-refractivity contribution in [3.63, 3.8) is 0 Å². The fourth-order valence-corrected chi connectivity index (χ4v) is 4.81. The Morgan fingerprint density at radius 1 is 1.15 bits per heavy atom. The molecule has 120 valence electrons. The Morgan fingerprint density at radius 2 is 1.65 bits per heavy atom. The van der Waals surface area contributed by atoms with Crippen LogP contribution in [0.3, 0.4) is 0 Å². The van der Waals surface area contributed by atoms with Crippen molar-refractivity contribution in [3.05, 3.63) is 0 Å². The lowest BCUT2D eigenvalue weighted by Crippen LogP contribution is -2.64. The van der Waals surface area contributed by atoms with Crippen LogP contribution in [0.25, 0.3) is 0 Å². The Kier molecular flexibility index (Phi) is 6.65. The minimum absolute atomic E-state index is 0.0968. The predicted molar refractivity (Wildman–Crippen MR) is 90.7 cm³/mol. The Hall–Kier alpha value is 0.500. The van der Waals surface area contributed by atoms with E-state index in [0.717, 1.165) is 12.8 Å². The largest absolute Gasteiger partial charge is 0.315 e. The van der Waals surface area contributed by atoms with Crippen LogP contribution in [0.5, 0.6) is 0 Å². The molecule has 1 aliphatic carbocycles. The Morgan fingerprint density at radius 3 is 2.00 bits per heavy atom. The molecule has 0 aliphatic heterocycles. The molecule has 5 atom stereocenters. The molecule has 0 aromatic carbocycles. The summed E-state index contributed by atoms with van der Waals surface area (Å²) >= 11 is 13.5. The van der Waals surface area contributed by atoms with Gasteiger partial charge in [-0.05, 0) is 44.2 Å². The van der Waals surface area contributed by atoms with Crippen LogP contribution in [0.4, 0.5) is 0 Å². The summed E-state index contributed by atoms with van der Waals surface area (Å²) in [5.74, 6) is 1.29. The molecule has 20 heavy (non-hydrogen) atoms. The first kappa shape index (κ1) is 18.5. The SMILES string of the molecule is CCC(C)C1(C(C)CC)CC(NC)C(Cl)C(Cl)(NC)C1. The lowest BCUT2D eigenvalue weighted by Gasteiger charge is -2.56. The van der Waals surface area contributed by atoms with Gasteiger partial charge >= 0.3 is 0 Å². The van der Waals surface area contributed by atoms with E-state index in [9.17, 15) is 0 Å². The molecule has 0 saturated heterocycles. The van der Waals surface area contributed by atoms with Gasteiger partial charge in [-0.3, -0.25) is 0 Å². The predicted octanol–water partition coefficient (Wildman–Crippen LogP) is 4.21. The summed E-state index contributed by atoms with van der Waals surface area (Å²) in [5.41, 5.74) is 0.243. The van der Waals surface area contributed by atoms with Crippen molar-refractivity contribution in [3.8, 4) is 0 Å². The van der Waals surface area contributed by atoms with E-state index in [0.29, 0.717) is 11.8 Å². The van der Waals surface area contributed by atoms with Gasteiger partial charge in [-0.25, -0.2) is 0 Å². The Bertz CT molecular complexity index is 301. The van der Waals surface area contributed by atoms with Crippen LogP contribution < -0.4 is 10.6 Å². The topological polar surface area (TPSA) is 24.1 Å². The van der Waals surface area contributed by atoms with E-state index in [4.69, 9.17) is 23.2 Å². The summed E-state index contributed by atoms with van der Waals surface area (Å²) in [4.78, 5) is -0.527. The van der Waals surface area contributed by atoms with Gasteiger partial charge in [-0.1, -0.05) is 40.5 Å². The van der Waals surface area contributed by atoms with Crippen LogP contribution in [0.2, 0.25) is 0 Å². The van der Waals surface area contributed by atoms with Crippen molar-refractivity contribution in [1.29, 1.82) is 0 Å². The van der Waals surface area contributed by atoms with Gasteiger partial charge in [0.25, 0.3) is 0 Å². The molecule has 1 saturated carbocycles. The standard InChI is InChI=1S/C16H32Cl2N2/c1-7-11(3)15(12(4)8-2)9-13(19-5)14(17)16(18,10-15)20-6/h11-14,19-20H,7-10H2,1-6H3. The van der Waals surface area contributed by atoms with Crippen LogP contribution in [0, 0.1) is 17.3 Å². The highest BCUT2D eigenvalue weighted by Crippen LogP contribution is 2.55. The van der Waals surface area contributed by atoms with Crippen LogP contribution >= 0.6 is 23.2 Å². The van der Waals surface area contributed by atoms with E-state index in [2.05, 4.69) is 38.3 Å². The van der Waals surface area contributed by atoms with E-state index < -0.39 is 5.00 Å². The van der Waals surface area contributed by atoms with Gasteiger partial charge in [0.2, 0.25) is 0 Å². The molecule has 0 spiro atoms. The van der Waals surface area contributed by atoms with Crippen LogP contribution in [0.1, 0.15) is 53.4 Å². The van der Waals surface area contributed by atoms with Crippen LogP contribution in [-0.4, -0.2) is 30.5 Å². The van der Waals surface area contributed by atoms with Crippen molar-refractivity contribution in [1.82, 2.24) is 10.6 Å². The molecule has 2 N–H and O–H groups in total. The van der Waals surface area contributed by atoms with Gasteiger partial charge in [0.05, 0.1) is 5.38 Å². The summed E-state index contributed by atoms with van der Waals surface area (Å²) in [6, 6.07) is 0.248. The van der Waals surface area contributed by atoms with E-state index in [1.807, 2.05) is 14.1 Å². The van der Waals surface area contributed by atoms with Gasteiger partial charge < -0.3 is 10.6 Å². The fraction of sp³-hybridized carbons (Fsp3) is 1.00. The number of rotatable bonds is 6. The number of alkyl halides is 2. The van der Waals surface area contributed by atoms with Crippen LogP contribution in [0.15, 0.2) is 0 Å². The molecule has 0 amide bonds. The number of halogens is 2. The number of hydrogen-bond acceptors (Lipinski definition) is 2. The molecule has 0 aromatic rings. The summed E-state index contributed by atoms with van der Waals surface area (Å²) in [6.45, 7) is 9.32. The molecule has 1 rings (SSSR count). The molecule has 4 heteroatoms. The van der Waals surface area contributed by atoms with E-state index >= 15 is 0 Å². The molecule has 0 radical (unpaired) electrons. The normalized spacial score (nSPS) is 41.4.